The van der Waals surface area contributed by atoms with E-state index >= 15 is 0 Å². The van der Waals surface area contributed by atoms with Crippen LogP contribution in [0.1, 0.15) is 25.7 Å². The lowest BCUT2D eigenvalue weighted by atomic mass is 9.85. The molecule has 3 rings (SSSR count). The van der Waals surface area contributed by atoms with E-state index in [2.05, 4.69) is 12.2 Å². The Bertz CT molecular complexity index is 434. The average molecular weight is 231 g/mol. The molecule has 0 bridgehead atoms. The van der Waals surface area contributed by atoms with E-state index in [1.165, 1.54) is 24.1 Å². The van der Waals surface area contributed by atoms with Crippen molar-refractivity contribution in [1.82, 2.24) is 4.90 Å². The monoisotopic (exact) mass is 231 g/mol. The molecule has 0 aromatic heterocycles. The third kappa shape index (κ3) is 1.53. The van der Waals surface area contributed by atoms with Crippen LogP contribution < -0.4 is 0 Å². The number of fused-ring (bicyclic) bond motifs is 2. The van der Waals surface area contributed by atoms with Gasteiger partial charge in [0.05, 0.1) is 13.2 Å². The molecule has 3 heteroatoms. The van der Waals surface area contributed by atoms with E-state index in [4.69, 9.17) is 4.74 Å². The van der Waals surface area contributed by atoms with Crippen molar-refractivity contribution < 1.29 is 9.53 Å². The van der Waals surface area contributed by atoms with E-state index in [0.29, 0.717) is 5.92 Å². The maximum absolute atomic E-state index is 11.3. The molecule has 3 aliphatic rings. The SMILES string of the molecule is COC1=CC2C3=C(CCCC3)N(C=O)C2C=C1. The van der Waals surface area contributed by atoms with Gasteiger partial charge in [0.15, 0.2) is 0 Å². The summed E-state index contributed by atoms with van der Waals surface area (Å²) in [5.41, 5.74) is 2.71. The molecule has 2 unspecified atom stereocenters. The Morgan fingerprint density at radius 1 is 1.41 bits per heavy atom. The van der Waals surface area contributed by atoms with Gasteiger partial charge in [-0.1, -0.05) is 6.08 Å². The van der Waals surface area contributed by atoms with Gasteiger partial charge in [-0.3, -0.25) is 4.79 Å². The predicted octanol–water partition coefficient (Wildman–Crippen LogP) is 2.37. The van der Waals surface area contributed by atoms with Gasteiger partial charge in [0.2, 0.25) is 6.41 Å². The first kappa shape index (κ1) is 10.6. The topological polar surface area (TPSA) is 29.5 Å². The van der Waals surface area contributed by atoms with Crippen LogP contribution >= 0.6 is 0 Å². The summed E-state index contributed by atoms with van der Waals surface area (Å²) in [6.45, 7) is 0. The maximum Gasteiger partial charge on any atom is 0.214 e. The highest BCUT2D eigenvalue weighted by molar-refractivity contribution is 5.58. The third-order valence-corrected chi connectivity index (χ3v) is 4.03. The number of hydrogen-bond acceptors (Lipinski definition) is 2. The van der Waals surface area contributed by atoms with E-state index in [1.54, 1.807) is 7.11 Å². The molecular formula is C14H17NO2. The van der Waals surface area contributed by atoms with Crippen molar-refractivity contribution in [2.75, 3.05) is 7.11 Å². The highest BCUT2D eigenvalue weighted by Gasteiger charge is 2.40. The molecule has 0 radical (unpaired) electrons. The van der Waals surface area contributed by atoms with Gasteiger partial charge in [-0.2, -0.15) is 0 Å². The van der Waals surface area contributed by atoms with Gasteiger partial charge in [-0.15, -0.1) is 0 Å². The third-order valence-electron chi connectivity index (χ3n) is 4.03. The number of amides is 1. The van der Waals surface area contributed by atoms with Gasteiger partial charge in [0.1, 0.15) is 5.76 Å². The summed E-state index contributed by atoms with van der Waals surface area (Å²) >= 11 is 0. The van der Waals surface area contributed by atoms with Crippen molar-refractivity contribution in [2.24, 2.45) is 5.92 Å². The van der Waals surface area contributed by atoms with Crippen molar-refractivity contribution in [3.8, 4) is 0 Å². The lowest BCUT2D eigenvalue weighted by Crippen LogP contribution is -2.32. The smallest absolute Gasteiger partial charge is 0.214 e. The molecule has 2 aliphatic carbocycles. The summed E-state index contributed by atoms with van der Waals surface area (Å²) in [7, 11) is 1.69. The van der Waals surface area contributed by atoms with Crippen LogP contribution in [-0.2, 0) is 9.53 Å². The number of methoxy groups -OCH3 is 1. The molecule has 1 heterocycles. The van der Waals surface area contributed by atoms with Crippen molar-refractivity contribution in [3.63, 3.8) is 0 Å². The Morgan fingerprint density at radius 3 is 3.00 bits per heavy atom. The van der Waals surface area contributed by atoms with Crippen molar-refractivity contribution in [1.29, 1.82) is 0 Å². The molecule has 0 saturated carbocycles. The van der Waals surface area contributed by atoms with Crippen LogP contribution in [0.15, 0.2) is 35.3 Å². The first-order valence-electron chi connectivity index (χ1n) is 6.24. The highest BCUT2D eigenvalue weighted by Crippen LogP contribution is 2.44. The van der Waals surface area contributed by atoms with E-state index < -0.39 is 0 Å². The largest absolute Gasteiger partial charge is 0.497 e. The quantitative estimate of drug-likeness (QED) is 0.683. The highest BCUT2D eigenvalue weighted by atomic mass is 16.5. The van der Waals surface area contributed by atoms with Gasteiger partial charge in [-0.25, -0.2) is 0 Å². The molecular weight excluding hydrogens is 214 g/mol. The molecule has 0 fully saturated rings. The minimum atomic E-state index is 0.189. The Kier molecular flexibility index (Phi) is 2.54. The molecule has 17 heavy (non-hydrogen) atoms. The molecule has 2 atom stereocenters. The summed E-state index contributed by atoms with van der Waals surface area (Å²) in [6, 6.07) is 0.189. The standard InChI is InChI=1S/C14H17NO2/c1-17-10-6-7-14-12(8-10)11-4-2-3-5-13(11)15(14)9-16/h6-9,12,14H,2-5H2,1H3. The van der Waals surface area contributed by atoms with Crippen LogP contribution in [0.2, 0.25) is 0 Å². The summed E-state index contributed by atoms with van der Waals surface area (Å²) in [5.74, 6) is 1.26. The number of nitrogens with zero attached hydrogens (tertiary/aromatic N) is 1. The van der Waals surface area contributed by atoms with E-state index in [-0.39, 0.29) is 6.04 Å². The van der Waals surface area contributed by atoms with E-state index in [9.17, 15) is 4.79 Å². The van der Waals surface area contributed by atoms with Crippen molar-refractivity contribution >= 4 is 6.41 Å². The summed E-state index contributed by atoms with van der Waals surface area (Å²) in [6.07, 6.45) is 11.8. The average Bonchev–Trinajstić information content (AvgIpc) is 2.71. The second kappa shape index (κ2) is 4.06. The molecule has 90 valence electrons. The minimum absolute atomic E-state index is 0.189. The Labute approximate surface area is 101 Å². The van der Waals surface area contributed by atoms with Crippen molar-refractivity contribution in [3.05, 3.63) is 35.3 Å². The predicted molar refractivity (Wildman–Crippen MR) is 64.9 cm³/mol. The van der Waals surface area contributed by atoms with Crippen LogP contribution in [0.4, 0.5) is 0 Å². The first-order chi connectivity index (χ1) is 8.35. The summed E-state index contributed by atoms with van der Waals surface area (Å²) in [4.78, 5) is 13.2. The molecule has 0 saturated heterocycles. The number of allylic oxidation sites excluding steroid dienone is 2. The Morgan fingerprint density at radius 2 is 2.24 bits per heavy atom. The van der Waals surface area contributed by atoms with Gasteiger partial charge >= 0.3 is 0 Å². The van der Waals surface area contributed by atoms with Crippen LogP contribution in [-0.4, -0.2) is 24.5 Å². The first-order valence-corrected chi connectivity index (χ1v) is 6.24. The second-order valence-electron chi connectivity index (χ2n) is 4.84. The Balaban J connectivity index is 2.00. The Hall–Kier alpha value is -1.51. The number of hydrogen-bond donors (Lipinski definition) is 0. The van der Waals surface area contributed by atoms with Gasteiger partial charge in [-0.05, 0) is 43.4 Å². The molecule has 1 amide bonds. The van der Waals surface area contributed by atoms with Crippen LogP contribution in [0, 0.1) is 5.92 Å². The second-order valence-corrected chi connectivity index (χ2v) is 4.84. The van der Waals surface area contributed by atoms with Crippen LogP contribution in [0.25, 0.3) is 0 Å². The lowest BCUT2D eigenvalue weighted by molar-refractivity contribution is -0.117. The maximum atomic E-state index is 11.3. The molecule has 0 N–H and O–H groups in total. The van der Waals surface area contributed by atoms with Crippen LogP contribution in [0.5, 0.6) is 0 Å². The molecule has 1 aliphatic heterocycles. The zero-order valence-electron chi connectivity index (χ0n) is 10.1. The lowest BCUT2D eigenvalue weighted by Gasteiger charge is -2.25. The normalized spacial score (nSPS) is 30.9. The minimum Gasteiger partial charge on any atom is -0.497 e. The van der Waals surface area contributed by atoms with Gasteiger partial charge < -0.3 is 9.64 Å². The van der Waals surface area contributed by atoms with Gasteiger partial charge in [0.25, 0.3) is 0 Å². The number of rotatable bonds is 2. The summed E-state index contributed by atoms with van der Waals surface area (Å²) < 4.78 is 5.29. The fourth-order valence-corrected chi connectivity index (χ4v) is 3.23. The number of ether oxygens (including phenoxy) is 1. The van der Waals surface area contributed by atoms with Gasteiger partial charge in [0, 0.05) is 11.6 Å². The fraction of sp³-hybridized carbons (Fsp3) is 0.500. The number of carbonyl (C=O) groups excluding carboxylic acids is 1. The fourth-order valence-electron chi connectivity index (χ4n) is 3.23. The zero-order valence-corrected chi connectivity index (χ0v) is 10.1. The zero-order chi connectivity index (χ0) is 11.8. The van der Waals surface area contributed by atoms with E-state index in [0.717, 1.165) is 25.0 Å². The molecule has 3 nitrogen and oxygen atoms in total. The molecule has 0 aromatic rings. The molecule has 0 spiro atoms. The van der Waals surface area contributed by atoms with Crippen molar-refractivity contribution in [2.45, 2.75) is 31.7 Å². The van der Waals surface area contributed by atoms with Crippen LogP contribution in [0.3, 0.4) is 0 Å². The van der Waals surface area contributed by atoms with E-state index in [1.807, 2.05) is 11.0 Å². The number of carbonyl (C=O) groups is 1. The molecule has 0 aromatic carbocycles. The summed E-state index contributed by atoms with van der Waals surface area (Å²) in [5, 5.41) is 0.